The number of aromatic nitrogens is 2. The second kappa shape index (κ2) is 9.34. The Balaban J connectivity index is 1.51. The van der Waals surface area contributed by atoms with Gasteiger partial charge in [-0.05, 0) is 37.8 Å². The number of aryl methyl sites for hydroxylation is 1. The quantitative estimate of drug-likeness (QED) is 0.666. The monoisotopic (exact) mass is 385 g/mol. The van der Waals surface area contributed by atoms with Gasteiger partial charge in [-0.3, -0.25) is 4.79 Å². The number of nitrogens with zero attached hydrogens (tertiary/aromatic N) is 2. The molecule has 6 heteroatoms. The molecule has 1 saturated heterocycles. The molecule has 1 aromatic carbocycles. The summed E-state index contributed by atoms with van der Waals surface area (Å²) in [6.45, 7) is 8.40. The molecule has 0 spiro atoms. The summed E-state index contributed by atoms with van der Waals surface area (Å²) < 4.78 is 13.3. The van der Waals surface area contributed by atoms with Crippen LogP contribution in [-0.2, 0) is 9.47 Å². The zero-order valence-corrected chi connectivity index (χ0v) is 17.1. The van der Waals surface area contributed by atoms with Crippen molar-refractivity contribution in [3.8, 4) is 5.69 Å². The highest BCUT2D eigenvalue weighted by Crippen LogP contribution is 2.37. The maximum atomic E-state index is 12.5. The molecule has 0 radical (unpaired) electrons. The molecule has 0 saturated carbocycles. The third kappa shape index (κ3) is 4.80. The van der Waals surface area contributed by atoms with Gasteiger partial charge in [-0.1, -0.05) is 38.5 Å². The average Bonchev–Trinajstić information content (AvgIpc) is 3.38. The molecule has 1 amide bonds. The Morgan fingerprint density at radius 3 is 2.75 bits per heavy atom. The number of nitrogens with one attached hydrogen (secondary N) is 1. The zero-order valence-electron chi connectivity index (χ0n) is 17.1. The molecule has 2 heterocycles. The standard InChI is InChI=1S/C22H31N3O3/c1-4-10-22(3,21-27-13-14-28-21)11-7-12-23-20(26)18-15-24-25(16-18)19-9-6-5-8-17(19)2/h5-6,8-9,15-16,21H,4,7,10-14H2,1-3H3,(H,23,26). The van der Waals surface area contributed by atoms with E-state index in [4.69, 9.17) is 9.47 Å². The second-order valence-corrected chi connectivity index (χ2v) is 7.80. The number of amides is 1. The van der Waals surface area contributed by atoms with Crippen molar-refractivity contribution in [3.63, 3.8) is 0 Å². The number of carbonyl (C=O) groups excluding carboxylic acids is 1. The van der Waals surface area contributed by atoms with Crippen LogP contribution in [0.2, 0.25) is 0 Å². The van der Waals surface area contributed by atoms with Crippen molar-refractivity contribution in [1.29, 1.82) is 0 Å². The molecular formula is C22H31N3O3. The highest BCUT2D eigenvalue weighted by atomic mass is 16.7. The maximum Gasteiger partial charge on any atom is 0.254 e. The molecule has 1 aliphatic heterocycles. The van der Waals surface area contributed by atoms with Crippen molar-refractivity contribution in [2.75, 3.05) is 19.8 Å². The number of para-hydroxylation sites is 1. The molecule has 1 atom stereocenters. The van der Waals surface area contributed by atoms with Gasteiger partial charge in [-0.15, -0.1) is 0 Å². The van der Waals surface area contributed by atoms with E-state index in [1.807, 2.05) is 31.2 Å². The summed E-state index contributed by atoms with van der Waals surface area (Å²) in [5.74, 6) is -0.0922. The Kier molecular flexibility index (Phi) is 6.86. The average molecular weight is 386 g/mol. The fourth-order valence-corrected chi connectivity index (χ4v) is 3.88. The van der Waals surface area contributed by atoms with Crippen molar-refractivity contribution in [2.45, 2.75) is 52.7 Å². The van der Waals surface area contributed by atoms with Crippen LogP contribution in [0.15, 0.2) is 36.7 Å². The Bertz CT molecular complexity index is 783. The number of ether oxygens (including phenoxy) is 2. The van der Waals surface area contributed by atoms with E-state index >= 15 is 0 Å². The highest BCUT2D eigenvalue weighted by molar-refractivity contribution is 5.93. The van der Waals surface area contributed by atoms with Gasteiger partial charge >= 0.3 is 0 Å². The minimum absolute atomic E-state index is 0.00824. The van der Waals surface area contributed by atoms with Gasteiger partial charge < -0.3 is 14.8 Å². The minimum atomic E-state index is -0.129. The van der Waals surface area contributed by atoms with Crippen LogP contribution in [0, 0.1) is 12.3 Å². The third-order valence-electron chi connectivity index (χ3n) is 5.43. The molecule has 1 N–H and O–H groups in total. The second-order valence-electron chi connectivity index (χ2n) is 7.80. The summed E-state index contributed by atoms with van der Waals surface area (Å²) in [4.78, 5) is 12.5. The van der Waals surface area contributed by atoms with Gasteiger partial charge in [0.15, 0.2) is 6.29 Å². The summed E-state index contributed by atoms with van der Waals surface area (Å²) in [5, 5.41) is 7.34. The Labute approximate surface area is 167 Å². The molecule has 1 fully saturated rings. The minimum Gasteiger partial charge on any atom is -0.352 e. The fraction of sp³-hybridized carbons (Fsp3) is 0.545. The molecule has 6 nitrogen and oxygen atoms in total. The zero-order chi connectivity index (χ0) is 20.0. The van der Waals surface area contributed by atoms with Crippen LogP contribution >= 0.6 is 0 Å². The molecule has 1 unspecified atom stereocenters. The van der Waals surface area contributed by atoms with E-state index < -0.39 is 0 Å². The molecule has 152 valence electrons. The van der Waals surface area contributed by atoms with E-state index in [-0.39, 0.29) is 17.6 Å². The van der Waals surface area contributed by atoms with Crippen LogP contribution in [0.5, 0.6) is 0 Å². The number of hydrogen-bond donors (Lipinski definition) is 1. The van der Waals surface area contributed by atoms with Crippen LogP contribution in [0.3, 0.4) is 0 Å². The van der Waals surface area contributed by atoms with Crippen LogP contribution < -0.4 is 5.32 Å². The predicted octanol–water partition coefficient (Wildman–Crippen LogP) is 3.87. The molecular weight excluding hydrogens is 354 g/mol. The van der Waals surface area contributed by atoms with E-state index in [1.165, 1.54) is 0 Å². The lowest BCUT2D eigenvalue weighted by molar-refractivity contribution is -0.133. The lowest BCUT2D eigenvalue weighted by Crippen LogP contribution is -2.34. The van der Waals surface area contributed by atoms with Gasteiger partial charge in [0, 0.05) is 18.2 Å². The first-order valence-electron chi connectivity index (χ1n) is 10.2. The summed E-state index contributed by atoms with van der Waals surface area (Å²) in [6.07, 6.45) is 7.24. The van der Waals surface area contributed by atoms with Crippen molar-refractivity contribution in [1.82, 2.24) is 15.1 Å². The van der Waals surface area contributed by atoms with Gasteiger partial charge in [0.1, 0.15) is 0 Å². The first-order valence-corrected chi connectivity index (χ1v) is 10.2. The fourth-order valence-electron chi connectivity index (χ4n) is 3.88. The van der Waals surface area contributed by atoms with Crippen molar-refractivity contribution in [3.05, 3.63) is 47.8 Å². The molecule has 28 heavy (non-hydrogen) atoms. The molecule has 0 aliphatic carbocycles. The van der Waals surface area contributed by atoms with Crippen LogP contribution in [0.1, 0.15) is 55.5 Å². The first kappa shape index (κ1) is 20.6. The van der Waals surface area contributed by atoms with E-state index in [0.717, 1.165) is 36.9 Å². The summed E-state index contributed by atoms with van der Waals surface area (Å²) >= 11 is 0. The van der Waals surface area contributed by atoms with Crippen LogP contribution in [0.25, 0.3) is 5.69 Å². The summed E-state index contributed by atoms with van der Waals surface area (Å²) in [6, 6.07) is 7.98. The third-order valence-corrected chi connectivity index (χ3v) is 5.43. The van der Waals surface area contributed by atoms with E-state index in [9.17, 15) is 4.79 Å². The number of carbonyl (C=O) groups is 1. The smallest absolute Gasteiger partial charge is 0.254 e. The number of hydrogen-bond acceptors (Lipinski definition) is 4. The number of rotatable bonds is 9. The van der Waals surface area contributed by atoms with Crippen molar-refractivity contribution >= 4 is 5.91 Å². The molecule has 0 bridgehead atoms. The topological polar surface area (TPSA) is 65.4 Å². The Morgan fingerprint density at radius 2 is 2.04 bits per heavy atom. The van der Waals surface area contributed by atoms with E-state index in [0.29, 0.717) is 25.3 Å². The van der Waals surface area contributed by atoms with E-state index in [2.05, 4.69) is 24.3 Å². The van der Waals surface area contributed by atoms with Gasteiger partial charge in [0.25, 0.3) is 5.91 Å². The van der Waals surface area contributed by atoms with Crippen LogP contribution in [-0.4, -0.2) is 41.7 Å². The van der Waals surface area contributed by atoms with Gasteiger partial charge in [0.2, 0.25) is 0 Å². The molecule has 3 rings (SSSR count). The normalized spacial score (nSPS) is 16.8. The van der Waals surface area contributed by atoms with Crippen molar-refractivity contribution in [2.24, 2.45) is 5.41 Å². The lowest BCUT2D eigenvalue weighted by atomic mass is 9.80. The Hall–Kier alpha value is -2.18. The van der Waals surface area contributed by atoms with E-state index in [1.54, 1.807) is 17.1 Å². The number of benzene rings is 1. The highest BCUT2D eigenvalue weighted by Gasteiger charge is 2.37. The van der Waals surface area contributed by atoms with Gasteiger partial charge in [0.05, 0.1) is 30.7 Å². The molecule has 2 aromatic rings. The van der Waals surface area contributed by atoms with Crippen LogP contribution in [0.4, 0.5) is 0 Å². The predicted molar refractivity (Wildman–Crippen MR) is 109 cm³/mol. The Morgan fingerprint density at radius 1 is 1.29 bits per heavy atom. The maximum absolute atomic E-state index is 12.5. The SMILES string of the molecule is CCCC(C)(CCCNC(=O)c1cnn(-c2ccccc2C)c1)C1OCCO1. The summed E-state index contributed by atoms with van der Waals surface area (Å²) in [7, 11) is 0. The lowest BCUT2D eigenvalue weighted by Gasteiger charge is -2.33. The van der Waals surface area contributed by atoms with Gasteiger partial charge in [-0.25, -0.2) is 4.68 Å². The molecule has 1 aliphatic rings. The largest absolute Gasteiger partial charge is 0.352 e. The molecule has 1 aromatic heterocycles. The van der Waals surface area contributed by atoms with Crippen molar-refractivity contribution < 1.29 is 14.3 Å². The first-order chi connectivity index (χ1) is 13.5. The van der Waals surface area contributed by atoms with Gasteiger partial charge in [-0.2, -0.15) is 5.10 Å². The summed E-state index contributed by atoms with van der Waals surface area (Å²) in [5.41, 5.74) is 2.66.